The van der Waals surface area contributed by atoms with Crippen LogP contribution < -0.4 is 0 Å². The lowest BCUT2D eigenvalue weighted by molar-refractivity contribution is 0.0598. The van der Waals surface area contributed by atoms with Gasteiger partial charge >= 0.3 is 6.16 Å². The number of carbonyl (C=O) groups excluding carboxylic acids is 1. The fourth-order valence-corrected chi connectivity index (χ4v) is 0.701. The summed E-state index contributed by atoms with van der Waals surface area (Å²) in [5.74, 6) is 0. The van der Waals surface area contributed by atoms with Gasteiger partial charge in [0, 0.05) is 0 Å². The van der Waals surface area contributed by atoms with Crippen LogP contribution in [0.4, 0.5) is 4.79 Å². The number of unbranched alkanes of at least 4 members (excludes halogenated alkanes) is 2. The molecule has 0 rings (SSSR count). The summed E-state index contributed by atoms with van der Waals surface area (Å²) in [6.07, 6.45) is 4.33. The van der Waals surface area contributed by atoms with Crippen LogP contribution in [0.1, 0.15) is 33.1 Å². The minimum Gasteiger partial charge on any atom is -0.434 e. The van der Waals surface area contributed by atoms with Crippen molar-refractivity contribution < 1.29 is 14.3 Å². The van der Waals surface area contributed by atoms with Crippen molar-refractivity contribution in [2.45, 2.75) is 33.1 Å². The van der Waals surface area contributed by atoms with E-state index in [-0.39, 0.29) is 0 Å². The second-order valence-electron chi connectivity index (χ2n) is 2.52. The molecule has 0 aromatic heterocycles. The Balaban J connectivity index is 3.08. The number of hydrogen-bond acceptors (Lipinski definition) is 3. The summed E-state index contributed by atoms with van der Waals surface area (Å²) in [5, 5.41) is 0. The molecule has 0 aromatic carbocycles. The molecule has 0 spiro atoms. The van der Waals surface area contributed by atoms with Crippen molar-refractivity contribution in [1.29, 1.82) is 0 Å². The second-order valence-corrected chi connectivity index (χ2v) is 2.52. The van der Waals surface area contributed by atoms with E-state index in [2.05, 4.69) is 11.7 Å². The molecule has 0 N–H and O–H groups in total. The van der Waals surface area contributed by atoms with E-state index < -0.39 is 6.16 Å². The molecule has 1 radical (unpaired) electrons. The predicted molar refractivity (Wildman–Crippen MR) is 46.8 cm³/mol. The quantitative estimate of drug-likeness (QED) is 0.457. The molecule has 0 atom stereocenters. The zero-order valence-electron chi connectivity index (χ0n) is 7.84. The Bertz CT molecular complexity index is 112. The van der Waals surface area contributed by atoms with Crippen LogP contribution in [0.25, 0.3) is 0 Å². The van der Waals surface area contributed by atoms with Crippen molar-refractivity contribution in [2.24, 2.45) is 0 Å². The third kappa shape index (κ3) is 7.38. The van der Waals surface area contributed by atoms with E-state index in [0.29, 0.717) is 13.2 Å². The zero-order chi connectivity index (χ0) is 9.23. The van der Waals surface area contributed by atoms with Crippen molar-refractivity contribution >= 4 is 6.16 Å². The van der Waals surface area contributed by atoms with Crippen molar-refractivity contribution in [3.8, 4) is 0 Å². The molecule has 3 nitrogen and oxygen atoms in total. The molecule has 0 amide bonds. The Morgan fingerprint density at radius 2 is 2.08 bits per heavy atom. The van der Waals surface area contributed by atoms with Crippen LogP contribution in [-0.4, -0.2) is 19.4 Å². The third-order valence-corrected chi connectivity index (χ3v) is 1.34. The molecule has 71 valence electrons. The van der Waals surface area contributed by atoms with Crippen LogP contribution in [0.15, 0.2) is 0 Å². The molecular weight excluding hydrogens is 156 g/mol. The number of rotatable bonds is 6. The first-order valence-corrected chi connectivity index (χ1v) is 4.38. The van der Waals surface area contributed by atoms with Crippen LogP contribution in [-0.2, 0) is 9.47 Å². The minimum atomic E-state index is -0.566. The fraction of sp³-hybridized carbons (Fsp3) is 0.778. The minimum absolute atomic E-state index is 0.326. The van der Waals surface area contributed by atoms with Gasteiger partial charge in [0.05, 0.1) is 13.2 Å². The SMILES string of the molecule is C[CH]COC(=O)OCCCCC. The molecule has 0 bridgehead atoms. The molecule has 3 heteroatoms. The smallest absolute Gasteiger partial charge is 0.434 e. The molecule has 0 unspecified atom stereocenters. The van der Waals surface area contributed by atoms with Gasteiger partial charge in [0.15, 0.2) is 0 Å². The maximum absolute atomic E-state index is 10.7. The maximum Gasteiger partial charge on any atom is 0.508 e. The Morgan fingerprint density at radius 1 is 1.33 bits per heavy atom. The molecule has 0 saturated heterocycles. The average Bonchev–Trinajstić information content (AvgIpc) is 2.09. The average molecular weight is 173 g/mol. The molecule has 0 heterocycles. The highest BCUT2D eigenvalue weighted by Gasteiger charge is 2.00. The summed E-state index contributed by atoms with van der Waals surface area (Å²) in [6.45, 7) is 4.72. The van der Waals surface area contributed by atoms with Crippen molar-refractivity contribution in [1.82, 2.24) is 0 Å². The molecule has 0 aliphatic rings. The van der Waals surface area contributed by atoms with E-state index in [0.717, 1.165) is 19.3 Å². The molecular formula is C9H17O3. The Morgan fingerprint density at radius 3 is 2.67 bits per heavy atom. The van der Waals surface area contributed by atoms with Gasteiger partial charge in [-0.1, -0.05) is 26.7 Å². The van der Waals surface area contributed by atoms with Crippen LogP contribution in [0.2, 0.25) is 0 Å². The summed E-state index contributed by atoms with van der Waals surface area (Å²) in [5.41, 5.74) is 0. The van der Waals surface area contributed by atoms with E-state index in [1.54, 1.807) is 6.42 Å². The van der Waals surface area contributed by atoms with Gasteiger partial charge in [-0.25, -0.2) is 4.79 Å². The topological polar surface area (TPSA) is 35.5 Å². The first kappa shape index (κ1) is 11.3. The monoisotopic (exact) mass is 173 g/mol. The summed E-state index contributed by atoms with van der Waals surface area (Å²) < 4.78 is 9.42. The van der Waals surface area contributed by atoms with Crippen LogP contribution in [0.5, 0.6) is 0 Å². The lowest BCUT2D eigenvalue weighted by Gasteiger charge is -2.03. The van der Waals surface area contributed by atoms with Gasteiger partial charge in [-0.2, -0.15) is 0 Å². The van der Waals surface area contributed by atoms with Gasteiger partial charge in [-0.05, 0) is 12.8 Å². The van der Waals surface area contributed by atoms with E-state index in [1.165, 1.54) is 0 Å². The Kier molecular flexibility index (Phi) is 7.86. The van der Waals surface area contributed by atoms with Gasteiger partial charge < -0.3 is 9.47 Å². The predicted octanol–water partition coefficient (Wildman–Crippen LogP) is 2.55. The standard InChI is InChI=1S/C9H17O3/c1-3-5-6-8-12-9(10)11-7-4-2/h4H,3,5-8H2,1-2H3. The van der Waals surface area contributed by atoms with Gasteiger partial charge in [0.2, 0.25) is 0 Å². The van der Waals surface area contributed by atoms with Crippen LogP contribution in [0, 0.1) is 6.42 Å². The Labute approximate surface area is 74.0 Å². The molecule has 0 aliphatic carbocycles. The summed E-state index contributed by atoms with van der Waals surface area (Å²) >= 11 is 0. The zero-order valence-corrected chi connectivity index (χ0v) is 7.84. The molecule has 0 aliphatic heterocycles. The highest BCUT2D eigenvalue weighted by atomic mass is 16.7. The van der Waals surface area contributed by atoms with E-state index in [1.807, 2.05) is 6.92 Å². The molecule has 0 saturated carbocycles. The molecule has 12 heavy (non-hydrogen) atoms. The fourth-order valence-electron chi connectivity index (χ4n) is 0.701. The van der Waals surface area contributed by atoms with Crippen molar-refractivity contribution in [3.05, 3.63) is 6.42 Å². The van der Waals surface area contributed by atoms with Crippen molar-refractivity contribution in [2.75, 3.05) is 13.2 Å². The van der Waals surface area contributed by atoms with E-state index >= 15 is 0 Å². The summed E-state index contributed by atoms with van der Waals surface area (Å²) in [4.78, 5) is 10.7. The van der Waals surface area contributed by atoms with Gasteiger partial charge in [0.1, 0.15) is 0 Å². The van der Waals surface area contributed by atoms with Gasteiger partial charge in [-0.3, -0.25) is 0 Å². The highest BCUT2D eigenvalue weighted by Crippen LogP contribution is 1.95. The first-order valence-electron chi connectivity index (χ1n) is 4.38. The number of hydrogen-bond donors (Lipinski definition) is 0. The van der Waals surface area contributed by atoms with Crippen molar-refractivity contribution in [3.63, 3.8) is 0 Å². The summed E-state index contributed by atoms with van der Waals surface area (Å²) in [6, 6.07) is 0. The van der Waals surface area contributed by atoms with Gasteiger partial charge in [0.25, 0.3) is 0 Å². The lowest BCUT2D eigenvalue weighted by atomic mass is 10.3. The second kappa shape index (κ2) is 8.37. The van der Waals surface area contributed by atoms with Gasteiger partial charge in [-0.15, -0.1) is 0 Å². The normalized spacial score (nSPS) is 9.50. The number of ether oxygens (including phenoxy) is 2. The summed E-state index contributed by atoms with van der Waals surface area (Å²) in [7, 11) is 0. The van der Waals surface area contributed by atoms with E-state index in [4.69, 9.17) is 4.74 Å². The highest BCUT2D eigenvalue weighted by molar-refractivity contribution is 5.59. The van der Waals surface area contributed by atoms with E-state index in [9.17, 15) is 4.79 Å². The maximum atomic E-state index is 10.7. The van der Waals surface area contributed by atoms with Crippen LogP contribution >= 0.6 is 0 Å². The lowest BCUT2D eigenvalue weighted by Crippen LogP contribution is -2.09. The first-order chi connectivity index (χ1) is 5.81. The largest absolute Gasteiger partial charge is 0.508 e. The van der Waals surface area contributed by atoms with Crippen LogP contribution in [0.3, 0.4) is 0 Å². The Hall–Kier alpha value is -0.730. The third-order valence-electron chi connectivity index (χ3n) is 1.34. The number of carbonyl (C=O) groups is 1. The molecule has 0 fully saturated rings. The molecule has 0 aromatic rings.